The summed E-state index contributed by atoms with van der Waals surface area (Å²) in [5, 5.41) is 11.1. The summed E-state index contributed by atoms with van der Waals surface area (Å²) in [6.45, 7) is 8.86. The summed E-state index contributed by atoms with van der Waals surface area (Å²) in [5.41, 5.74) is -0.670. The minimum absolute atomic E-state index is 0.109. The molecular formula is C12H21NO5. The van der Waals surface area contributed by atoms with E-state index in [1.807, 2.05) is 0 Å². The minimum atomic E-state index is -1.17. The highest BCUT2D eigenvalue weighted by molar-refractivity contribution is 5.80. The van der Waals surface area contributed by atoms with Gasteiger partial charge >= 0.3 is 12.1 Å². The van der Waals surface area contributed by atoms with Gasteiger partial charge in [0.1, 0.15) is 5.60 Å². The third-order valence-corrected chi connectivity index (χ3v) is 1.74. The number of ether oxygens (including phenoxy) is 2. The molecular weight excluding hydrogens is 238 g/mol. The highest BCUT2D eigenvalue weighted by Gasteiger charge is 2.23. The van der Waals surface area contributed by atoms with Crippen molar-refractivity contribution in [1.82, 2.24) is 5.32 Å². The summed E-state index contributed by atoms with van der Waals surface area (Å²) in [6.07, 6.45) is 1.51. The fraction of sp³-hybridized carbons (Fsp3) is 0.667. The van der Waals surface area contributed by atoms with Crippen LogP contribution in [0, 0.1) is 0 Å². The number of carboxylic acid groups (broad SMARTS) is 1. The molecule has 0 spiro atoms. The molecule has 0 aromatic heterocycles. The molecule has 1 unspecified atom stereocenters. The van der Waals surface area contributed by atoms with Crippen molar-refractivity contribution in [2.24, 2.45) is 0 Å². The first-order valence-corrected chi connectivity index (χ1v) is 5.67. The van der Waals surface area contributed by atoms with Crippen molar-refractivity contribution < 1.29 is 24.2 Å². The topological polar surface area (TPSA) is 84.9 Å². The Bertz CT molecular complexity index is 295. The largest absolute Gasteiger partial charge is 0.480 e. The molecule has 2 N–H and O–H groups in total. The lowest BCUT2D eigenvalue weighted by Gasteiger charge is -2.21. The van der Waals surface area contributed by atoms with Gasteiger partial charge in [0.2, 0.25) is 0 Å². The molecule has 6 nitrogen and oxygen atoms in total. The van der Waals surface area contributed by atoms with Gasteiger partial charge in [0.05, 0.1) is 13.2 Å². The number of alkyl carbamates (subject to hydrolysis) is 1. The summed E-state index contributed by atoms with van der Waals surface area (Å²) in [6, 6.07) is -1.12. The van der Waals surface area contributed by atoms with Crippen molar-refractivity contribution >= 4 is 12.1 Å². The molecule has 104 valence electrons. The molecule has 0 aromatic rings. The fourth-order valence-corrected chi connectivity index (χ4v) is 0.992. The van der Waals surface area contributed by atoms with Crippen LogP contribution in [0.5, 0.6) is 0 Å². The molecule has 6 heteroatoms. The van der Waals surface area contributed by atoms with Crippen molar-refractivity contribution in [2.45, 2.75) is 38.8 Å². The van der Waals surface area contributed by atoms with E-state index < -0.39 is 23.7 Å². The van der Waals surface area contributed by atoms with E-state index in [0.29, 0.717) is 13.0 Å². The van der Waals surface area contributed by atoms with Gasteiger partial charge in [-0.15, -0.1) is 6.58 Å². The molecule has 0 heterocycles. The third-order valence-electron chi connectivity index (χ3n) is 1.74. The van der Waals surface area contributed by atoms with Crippen molar-refractivity contribution in [3.63, 3.8) is 0 Å². The molecule has 0 aromatic carbocycles. The molecule has 0 aliphatic rings. The minimum Gasteiger partial charge on any atom is -0.480 e. The zero-order valence-corrected chi connectivity index (χ0v) is 11.1. The van der Waals surface area contributed by atoms with Crippen LogP contribution in [-0.4, -0.2) is 42.0 Å². The van der Waals surface area contributed by atoms with Gasteiger partial charge in [0.15, 0.2) is 6.04 Å². The van der Waals surface area contributed by atoms with Crippen molar-refractivity contribution in [3.8, 4) is 0 Å². The summed E-state index contributed by atoms with van der Waals surface area (Å²) < 4.78 is 10.1. The van der Waals surface area contributed by atoms with Gasteiger partial charge in [-0.3, -0.25) is 0 Å². The van der Waals surface area contributed by atoms with E-state index in [0.717, 1.165) is 0 Å². The molecule has 0 saturated heterocycles. The van der Waals surface area contributed by atoms with Crippen LogP contribution in [0.3, 0.4) is 0 Å². The second-order valence-electron chi connectivity index (χ2n) is 4.69. The van der Waals surface area contributed by atoms with Crippen LogP contribution < -0.4 is 5.32 Å². The number of hydrogen-bond acceptors (Lipinski definition) is 4. The van der Waals surface area contributed by atoms with Gasteiger partial charge in [-0.05, 0) is 27.2 Å². The normalized spacial score (nSPS) is 12.6. The van der Waals surface area contributed by atoms with Gasteiger partial charge in [0.25, 0.3) is 0 Å². The summed E-state index contributed by atoms with van der Waals surface area (Å²) >= 11 is 0. The SMILES string of the molecule is C=CCCOCC(NC(=O)OC(C)(C)C)C(=O)O. The lowest BCUT2D eigenvalue weighted by molar-refractivity contribution is -0.141. The summed E-state index contributed by atoms with van der Waals surface area (Å²) in [5.74, 6) is -1.17. The molecule has 0 aliphatic carbocycles. The van der Waals surface area contributed by atoms with E-state index in [-0.39, 0.29) is 6.61 Å². The Morgan fingerprint density at radius 1 is 1.44 bits per heavy atom. The molecule has 1 atom stereocenters. The molecule has 18 heavy (non-hydrogen) atoms. The lowest BCUT2D eigenvalue weighted by atomic mass is 10.2. The van der Waals surface area contributed by atoms with Crippen LogP contribution >= 0.6 is 0 Å². The van der Waals surface area contributed by atoms with Crippen molar-refractivity contribution in [2.75, 3.05) is 13.2 Å². The summed E-state index contributed by atoms with van der Waals surface area (Å²) in [7, 11) is 0. The fourth-order valence-electron chi connectivity index (χ4n) is 0.992. The number of carbonyl (C=O) groups is 2. The van der Waals surface area contributed by atoms with Gasteiger partial charge in [0, 0.05) is 0 Å². The molecule has 0 rings (SSSR count). The highest BCUT2D eigenvalue weighted by Crippen LogP contribution is 2.06. The smallest absolute Gasteiger partial charge is 0.408 e. The Balaban J connectivity index is 4.15. The summed E-state index contributed by atoms with van der Waals surface area (Å²) in [4.78, 5) is 22.3. The Morgan fingerprint density at radius 2 is 2.06 bits per heavy atom. The lowest BCUT2D eigenvalue weighted by Crippen LogP contribution is -2.46. The molecule has 0 bridgehead atoms. The van der Waals surface area contributed by atoms with Gasteiger partial charge in [-0.25, -0.2) is 9.59 Å². The van der Waals surface area contributed by atoms with Crippen LogP contribution in [0.15, 0.2) is 12.7 Å². The van der Waals surface area contributed by atoms with Gasteiger partial charge < -0.3 is 19.9 Å². The van der Waals surface area contributed by atoms with Gasteiger partial charge in [-0.1, -0.05) is 6.08 Å². The standard InChI is InChI=1S/C12H21NO5/c1-5-6-7-17-8-9(10(14)15)13-11(16)18-12(2,3)4/h5,9H,1,6-8H2,2-4H3,(H,13,16)(H,14,15). The number of nitrogens with one attached hydrogen (secondary N) is 1. The van der Waals surface area contributed by atoms with E-state index in [4.69, 9.17) is 14.6 Å². The second kappa shape index (κ2) is 7.71. The van der Waals surface area contributed by atoms with E-state index in [9.17, 15) is 9.59 Å². The molecule has 0 fully saturated rings. The Morgan fingerprint density at radius 3 is 2.50 bits per heavy atom. The Labute approximate surface area is 107 Å². The maximum Gasteiger partial charge on any atom is 0.408 e. The molecule has 0 saturated carbocycles. The first kappa shape index (κ1) is 16.4. The van der Waals surface area contributed by atoms with Crippen LogP contribution in [-0.2, 0) is 14.3 Å². The Kier molecular flexibility index (Phi) is 7.04. The monoisotopic (exact) mass is 259 g/mol. The maximum atomic E-state index is 11.4. The zero-order valence-electron chi connectivity index (χ0n) is 11.1. The van der Waals surface area contributed by atoms with E-state index in [1.54, 1.807) is 26.8 Å². The number of carbonyl (C=O) groups excluding carboxylic acids is 1. The van der Waals surface area contributed by atoms with Crippen LogP contribution in [0.25, 0.3) is 0 Å². The second-order valence-corrected chi connectivity index (χ2v) is 4.69. The van der Waals surface area contributed by atoms with E-state index in [2.05, 4.69) is 11.9 Å². The molecule has 0 aliphatic heterocycles. The van der Waals surface area contributed by atoms with Crippen molar-refractivity contribution in [1.29, 1.82) is 0 Å². The zero-order chi connectivity index (χ0) is 14.2. The van der Waals surface area contributed by atoms with Crippen LogP contribution in [0.4, 0.5) is 4.79 Å². The van der Waals surface area contributed by atoms with E-state index >= 15 is 0 Å². The third kappa shape index (κ3) is 8.58. The van der Waals surface area contributed by atoms with Crippen molar-refractivity contribution in [3.05, 3.63) is 12.7 Å². The number of hydrogen-bond donors (Lipinski definition) is 2. The number of carboxylic acids is 1. The number of aliphatic carboxylic acids is 1. The highest BCUT2D eigenvalue weighted by atomic mass is 16.6. The van der Waals surface area contributed by atoms with E-state index in [1.165, 1.54) is 0 Å². The average molecular weight is 259 g/mol. The Hall–Kier alpha value is -1.56. The first-order chi connectivity index (χ1) is 8.26. The van der Waals surface area contributed by atoms with Crippen LogP contribution in [0.1, 0.15) is 27.2 Å². The number of amides is 1. The number of rotatable bonds is 7. The quantitative estimate of drug-likeness (QED) is 0.535. The first-order valence-electron chi connectivity index (χ1n) is 5.67. The maximum absolute atomic E-state index is 11.4. The predicted octanol–water partition coefficient (Wildman–Crippen LogP) is 1.56. The average Bonchev–Trinajstić information content (AvgIpc) is 2.19. The van der Waals surface area contributed by atoms with Gasteiger partial charge in [-0.2, -0.15) is 0 Å². The predicted molar refractivity (Wildman–Crippen MR) is 66.4 cm³/mol. The van der Waals surface area contributed by atoms with Crippen LogP contribution in [0.2, 0.25) is 0 Å². The molecule has 0 radical (unpaired) electrons. The molecule has 1 amide bonds.